The largest absolute Gasteiger partial charge is 0.450 e. The molecule has 1 saturated carbocycles. The molecule has 0 aliphatic heterocycles. The Labute approximate surface area is 189 Å². The predicted molar refractivity (Wildman–Crippen MR) is 122 cm³/mol. The first-order valence-electron chi connectivity index (χ1n) is 10.2. The smallest absolute Gasteiger partial charge is 0.413 e. The van der Waals surface area contributed by atoms with Crippen LogP contribution in [0, 0.1) is 0 Å². The number of imidazole rings is 2. The first kappa shape index (κ1) is 21.9. The van der Waals surface area contributed by atoms with Gasteiger partial charge in [-0.15, -0.1) is 0 Å². The van der Waals surface area contributed by atoms with Crippen LogP contribution in [0.3, 0.4) is 0 Å². The number of hydrogen-bond donors (Lipinski definition) is 3. The van der Waals surface area contributed by atoms with E-state index in [1.807, 2.05) is 12.1 Å². The van der Waals surface area contributed by atoms with E-state index in [1.54, 1.807) is 42.5 Å². The van der Waals surface area contributed by atoms with Gasteiger partial charge in [-0.25, -0.2) is 24.7 Å². The van der Waals surface area contributed by atoms with Gasteiger partial charge < -0.3 is 19.6 Å². The first-order valence-corrected chi connectivity index (χ1v) is 10.2. The van der Waals surface area contributed by atoms with Crippen molar-refractivity contribution in [1.82, 2.24) is 34.8 Å². The van der Waals surface area contributed by atoms with Gasteiger partial charge in [0.05, 0.1) is 12.1 Å². The van der Waals surface area contributed by atoms with Crippen molar-refractivity contribution >= 4 is 29.0 Å². The lowest BCUT2D eigenvalue weighted by Crippen LogP contribution is -2.25. The number of benzene rings is 1. The molecule has 1 aliphatic rings. The number of carbonyl (C=O) groups is 2. The van der Waals surface area contributed by atoms with Gasteiger partial charge in [-0.2, -0.15) is 0 Å². The Morgan fingerprint density at radius 3 is 2.73 bits per heavy atom. The Kier molecular flexibility index (Phi) is 6.03. The van der Waals surface area contributed by atoms with Crippen LogP contribution in [0.4, 0.5) is 10.7 Å². The lowest BCUT2D eigenvalue weighted by molar-refractivity contribution is 0.0946. The summed E-state index contributed by atoms with van der Waals surface area (Å²) in [6.45, 7) is 1.97. The normalized spacial score (nSPS) is 12.8. The molecule has 0 saturated heterocycles. The molecule has 0 radical (unpaired) electrons. The molecular weight excluding hydrogens is 424 g/mol. The van der Waals surface area contributed by atoms with Crippen LogP contribution in [0.1, 0.15) is 37.7 Å². The van der Waals surface area contributed by atoms with Crippen LogP contribution in [0.15, 0.2) is 43.1 Å². The number of nitrogens with one attached hydrogen (secondary N) is 3. The van der Waals surface area contributed by atoms with E-state index in [1.165, 1.54) is 0 Å². The van der Waals surface area contributed by atoms with Crippen molar-refractivity contribution in [2.45, 2.75) is 33.2 Å². The molecule has 11 nitrogen and oxygen atoms in total. The Hall–Kier alpha value is -4.28. The molecular formula is C22H24N8O3. The Morgan fingerprint density at radius 2 is 2.00 bits per heavy atom. The summed E-state index contributed by atoms with van der Waals surface area (Å²) >= 11 is 0. The second-order valence-electron chi connectivity index (χ2n) is 7.31. The molecule has 0 spiro atoms. The zero-order valence-electron chi connectivity index (χ0n) is 17.2. The summed E-state index contributed by atoms with van der Waals surface area (Å²) in [5.74, 6) is 0.518. The minimum atomic E-state index is -0.606. The molecule has 3 heterocycles. The summed E-state index contributed by atoms with van der Waals surface area (Å²) in [6.07, 6.45) is 7.93. The number of H-pyrrole nitrogens is 1. The van der Waals surface area contributed by atoms with E-state index in [0.29, 0.717) is 28.1 Å². The van der Waals surface area contributed by atoms with E-state index < -0.39 is 6.09 Å². The number of rotatable bonds is 6. The molecule has 0 bridgehead atoms. The number of fused-ring (bicyclic) bond motifs is 1. The minimum absolute atomic E-state index is 0. The van der Waals surface area contributed by atoms with Crippen molar-refractivity contribution in [2.24, 2.45) is 0 Å². The fraction of sp³-hybridized carbons (Fsp3) is 0.273. The molecule has 0 atom stereocenters. The highest BCUT2D eigenvalue weighted by molar-refractivity contribution is 5.95. The van der Waals surface area contributed by atoms with Crippen molar-refractivity contribution in [1.29, 1.82) is 0 Å². The van der Waals surface area contributed by atoms with E-state index >= 15 is 0 Å². The lowest BCUT2D eigenvalue weighted by atomic mass is 10.1. The summed E-state index contributed by atoms with van der Waals surface area (Å²) in [6, 6.07) is 5.68. The zero-order chi connectivity index (χ0) is 22.1. The van der Waals surface area contributed by atoms with Crippen molar-refractivity contribution in [3.05, 3.63) is 48.8 Å². The third-order valence-corrected chi connectivity index (χ3v) is 4.90. The number of ether oxygens (including phenoxy) is 1. The van der Waals surface area contributed by atoms with E-state index in [0.717, 1.165) is 18.5 Å². The van der Waals surface area contributed by atoms with Gasteiger partial charge in [0.2, 0.25) is 5.95 Å². The molecule has 1 aliphatic carbocycles. The number of aromatic amines is 1. The lowest BCUT2D eigenvalue weighted by Gasteiger charge is -2.06. The number of amides is 2. The molecule has 2 amide bonds. The van der Waals surface area contributed by atoms with Crippen LogP contribution in [0.2, 0.25) is 0 Å². The number of nitrogens with zero attached hydrogens (tertiary/aromatic N) is 5. The highest BCUT2D eigenvalue weighted by Gasteiger charge is 2.25. The third kappa shape index (κ3) is 4.66. The first-order chi connectivity index (χ1) is 15.6. The molecule has 5 rings (SSSR count). The van der Waals surface area contributed by atoms with Crippen molar-refractivity contribution in [3.8, 4) is 17.1 Å². The van der Waals surface area contributed by atoms with Crippen LogP contribution < -0.4 is 10.6 Å². The summed E-state index contributed by atoms with van der Waals surface area (Å²) in [7, 11) is 0. The standard InChI is InChI=1S/C21H20N8O3.CH4/c1-2-32-21(31)28-20-26-15-9-13(8-14(17(15)27-20)18-22-6-3-7-23-18)29-10-16(24-11-29)19(30)25-12-4-5-12;/h3,6-12H,2,4-5H2,1H3,(H,25,30)(H2,26,27,28,31);1H4. The van der Waals surface area contributed by atoms with Crippen LogP contribution in [-0.2, 0) is 4.74 Å². The van der Waals surface area contributed by atoms with Crippen molar-refractivity contribution < 1.29 is 14.3 Å². The van der Waals surface area contributed by atoms with E-state index in [-0.39, 0.29) is 31.9 Å². The van der Waals surface area contributed by atoms with Gasteiger partial charge in [-0.05, 0) is 38.0 Å². The Bertz CT molecular complexity index is 1290. The monoisotopic (exact) mass is 448 g/mol. The zero-order valence-corrected chi connectivity index (χ0v) is 17.2. The van der Waals surface area contributed by atoms with Crippen molar-refractivity contribution in [2.75, 3.05) is 11.9 Å². The highest BCUT2D eigenvalue weighted by Crippen LogP contribution is 2.29. The number of aromatic nitrogens is 6. The summed E-state index contributed by atoms with van der Waals surface area (Å²) in [5.41, 5.74) is 2.95. The second kappa shape index (κ2) is 9.07. The van der Waals surface area contributed by atoms with Crippen LogP contribution in [0.5, 0.6) is 0 Å². The van der Waals surface area contributed by atoms with Gasteiger partial charge in [0.1, 0.15) is 17.5 Å². The quantitative estimate of drug-likeness (QED) is 0.411. The molecule has 3 N–H and O–H groups in total. The number of anilines is 1. The maximum Gasteiger partial charge on any atom is 0.413 e. The molecule has 1 fully saturated rings. The van der Waals surface area contributed by atoms with E-state index in [2.05, 4.69) is 35.6 Å². The van der Waals surface area contributed by atoms with Crippen molar-refractivity contribution in [3.63, 3.8) is 0 Å². The fourth-order valence-electron chi connectivity index (χ4n) is 3.25. The van der Waals surface area contributed by atoms with Gasteiger partial charge in [0, 0.05) is 35.9 Å². The van der Waals surface area contributed by atoms with E-state index in [9.17, 15) is 9.59 Å². The molecule has 4 aromatic rings. The Morgan fingerprint density at radius 1 is 1.21 bits per heavy atom. The SMILES string of the molecule is C.CCOC(=O)Nc1nc2c(-c3ncccn3)cc(-n3cnc(C(=O)NC4CC4)c3)cc2[nH]1. The van der Waals surface area contributed by atoms with Gasteiger partial charge in [-0.3, -0.25) is 10.1 Å². The van der Waals surface area contributed by atoms with Crippen LogP contribution in [0.25, 0.3) is 28.1 Å². The maximum absolute atomic E-state index is 12.3. The minimum Gasteiger partial charge on any atom is -0.450 e. The average molecular weight is 448 g/mol. The second-order valence-corrected chi connectivity index (χ2v) is 7.31. The summed E-state index contributed by atoms with van der Waals surface area (Å²) in [4.78, 5) is 44.6. The molecule has 170 valence electrons. The fourth-order valence-corrected chi connectivity index (χ4v) is 3.25. The number of carbonyl (C=O) groups excluding carboxylic acids is 2. The summed E-state index contributed by atoms with van der Waals surface area (Å²) in [5, 5.41) is 5.50. The molecule has 1 aromatic carbocycles. The summed E-state index contributed by atoms with van der Waals surface area (Å²) < 4.78 is 6.66. The maximum atomic E-state index is 12.3. The van der Waals surface area contributed by atoms with E-state index in [4.69, 9.17) is 4.74 Å². The van der Waals surface area contributed by atoms with Gasteiger partial charge in [0.15, 0.2) is 5.82 Å². The molecule has 11 heteroatoms. The molecule has 0 unspecified atom stereocenters. The topological polar surface area (TPSA) is 140 Å². The average Bonchev–Trinajstić information content (AvgIpc) is 3.30. The Balaban J connectivity index is 0.00000259. The highest BCUT2D eigenvalue weighted by atomic mass is 16.5. The van der Waals surface area contributed by atoms with Gasteiger partial charge >= 0.3 is 6.09 Å². The van der Waals surface area contributed by atoms with Crippen LogP contribution in [-0.4, -0.2) is 54.1 Å². The van der Waals surface area contributed by atoms with Gasteiger partial charge in [-0.1, -0.05) is 7.43 Å². The van der Waals surface area contributed by atoms with Gasteiger partial charge in [0.25, 0.3) is 5.91 Å². The molecule has 3 aromatic heterocycles. The van der Waals surface area contributed by atoms with Crippen LogP contribution >= 0.6 is 0 Å². The number of hydrogen-bond acceptors (Lipinski definition) is 7. The molecule has 33 heavy (non-hydrogen) atoms. The predicted octanol–water partition coefficient (Wildman–Crippen LogP) is 3.30. The third-order valence-electron chi connectivity index (χ3n) is 4.90.